The fourth-order valence-electron chi connectivity index (χ4n) is 4.02. The number of aryl methyl sites for hydroxylation is 1. The lowest BCUT2D eigenvalue weighted by Crippen LogP contribution is -2.40. The van der Waals surface area contributed by atoms with Crippen LogP contribution in [-0.4, -0.2) is 43.3 Å². The van der Waals surface area contributed by atoms with Gasteiger partial charge in [-0.1, -0.05) is 17.4 Å². The van der Waals surface area contributed by atoms with Gasteiger partial charge < -0.3 is 10.0 Å². The van der Waals surface area contributed by atoms with Gasteiger partial charge in [0.25, 0.3) is 0 Å². The molecule has 28 heavy (non-hydrogen) atoms. The minimum Gasteiger partial charge on any atom is -0.507 e. The Morgan fingerprint density at radius 3 is 2.68 bits per heavy atom. The fourth-order valence-corrected chi connectivity index (χ4v) is 5.03. The van der Waals surface area contributed by atoms with E-state index >= 15 is 0 Å². The van der Waals surface area contributed by atoms with Gasteiger partial charge in [0, 0.05) is 24.8 Å². The quantitative estimate of drug-likeness (QED) is 0.697. The van der Waals surface area contributed by atoms with Crippen molar-refractivity contribution in [2.75, 3.05) is 4.90 Å². The zero-order valence-corrected chi connectivity index (χ0v) is 16.4. The maximum atomic E-state index is 14.4. The highest BCUT2D eigenvalue weighted by Crippen LogP contribution is 2.43. The Morgan fingerprint density at radius 1 is 1.18 bits per heavy atom. The molecule has 6 nitrogen and oxygen atoms in total. The van der Waals surface area contributed by atoms with Crippen molar-refractivity contribution in [3.63, 3.8) is 0 Å². The summed E-state index contributed by atoms with van der Waals surface area (Å²) in [7, 11) is 1.86. The zero-order valence-electron chi connectivity index (χ0n) is 15.6. The first-order valence-electron chi connectivity index (χ1n) is 9.68. The lowest BCUT2D eigenvalue weighted by molar-refractivity contribution is 0.300. The minimum absolute atomic E-state index is 0.0881. The molecule has 0 bridgehead atoms. The van der Waals surface area contributed by atoms with Crippen LogP contribution in [0.15, 0.2) is 30.6 Å². The molecule has 1 N–H and O–H groups in total. The first-order valence-corrected chi connectivity index (χ1v) is 10.5. The number of hydrogen-bond donors (Lipinski definition) is 1. The molecule has 2 aliphatic carbocycles. The lowest BCUT2D eigenvalue weighted by Gasteiger charge is -2.29. The van der Waals surface area contributed by atoms with E-state index in [1.807, 2.05) is 25.4 Å². The van der Waals surface area contributed by atoms with E-state index in [4.69, 9.17) is 0 Å². The number of rotatable bonds is 5. The van der Waals surface area contributed by atoms with Gasteiger partial charge in [0.2, 0.25) is 5.13 Å². The molecule has 0 spiro atoms. The summed E-state index contributed by atoms with van der Waals surface area (Å²) in [5.41, 5.74) is 2.48. The van der Waals surface area contributed by atoms with Crippen LogP contribution in [0.1, 0.15) is 32.1 Å². The number of halogens is 1. The van der Waals surface area contributed by atoms with Crippen LogP contribution in [-0.2, 0) is 7.05 Å². The maximum Gasteiger partial charge on any atom is 0.209 e. The second-order valence-corrected chi connectivity index (χ2v) is 8.63. The number of anilines is 1. The fraction of sp³-hybridized carbons (Fsp3) is 0.450. The Bertz CT molecular complexity index is 998. The van der Waals surface area contributed by atoms with Crippen LogP contribution >= 0.6 is 11.3 Å². The van der Waals surface area contributed by atoms with Gasteiger partial charge in [-0.05, 0) is 49.8 Å². The van der Waals surface area contributed by atoms with Gasteiger partial charge in [0.1, 0.15) is 11.9 Å². The molecule has 0 aliphatic heterocycles. The van der Waals surface area contributed by atoms with Crippen LogP contribution in [0.25, 0.3) is 21.7 Å². The van der Waals surface area contributed by atoms with Crippen LogP contribution < -0.4 is 4.90 Å². The van der Waals surface area contributed by atoms with Crippen molar-refractivity contribution in [2.24, 2.45) is 7.05 Å². The molecule has 1 aromatic carbocycles. The predicted molar refractivity (Wildman–Crippen MR) is 107 cm³/mol. The normalized spacial score (nSPS) is 21.9. The van der Waals surface area contributed by atoms with E-state index < -0.39 is 6.17 Å². The van der Waals surface area contributed by atoms with E-state index in [1.165, 1.54) is 11.3 Å². The average molecular weight is 399 g/mol. The number of aromatic nitrogens is 4. The van der Waals surface area contributed by atoms with Gasteiger partial charge in [-0.2, -0.15) is 5.10 Å². The third-order valence-corrected chi connectivity index (χ3v) is 6.57. The molecule has 2 aliphatic rings. The number of phenols is 1. The van der Waals surface area contributed by atoms with Crippen LogP contribution in [0.2, 0.25) is 0 Å². The highest BCUT2D eigenvalue weighted by Gasteiger charge is 2.41. The second kappa shape index (κ2) is 6.84. The van der Waals surface area contributed by atoms with Crippen molar-refractivity contribution >= 4 is 16.5 Å². The molecule has 2 aromatic heterocycles. The zero-order chi connectivity index (χ0) is 19.3. The van der Waals surface area contributed by atoms with Crippen molar-refractivity contribution in [1.29, 1.82) is 0 Å². The molecule has 0 amide bonds. The van der Waals surface area contributed by atoms with Crippen molar-refractivity contribution in [2.45, 2.75) is 50.4 Å². The van der Waals surface area contributed by atoms with Gasteiger partial charge in [-0.15, -0.1) is 10.2 Å². The molecule has 2 saturated carbocycles. The van der Waals surface area contributed by atoms with Crippen LogP contribution in [0, 0.1) is 0 Å². The van der Waals surface area contributed by atoms with E-state index in [2.05, 4.69) is 20.2 Å². The Balaban J connectivity index is 1.44. The molecule has 8 heteroatoms. The predicted octanol–water partition coefficient (Wildman–Crippen LogP) is 4.17. The summed E-state index contributed by atoms with van der Waals surface area (Å²) in [5.74, 6) is 0.159. The summed E-state index contributed by atoms with van der Waals surface area (Å²) in [4.78, 5) is 2.15. The van der Waals surface area contributed by atoms with E-state index in [0.717, 1.165) is 41.9 Å². The van der Waals surface area contributed by atoms with Gasteiger partial charge in [0.15, 0.2) is 5.01 Å². The number of nitrogens with zero attached hydrogens (tertiary/aromatic N) is 5. The van der Waals surface area contributed by atoms with Crippen LogP contribution in [0.3, 0.4) is 0 Å². The Hall–Kier alpha value is -2.48. The average Bonchev–Trinajstić information content (AvgIpc) is 3.03. The number of benzene rings is 1. The van der Waals surface area contributed by atoms with Crippen molar-refractivity contribution in [3.05, 3.63) is 30.6 Å². The molecule has 0 saturated heterocycles. The maximum absolute atomic E-state index is 14.4. The highest BCUT2D eigenvalue weighted by atomic mass is 32.1. The largest absolute Gasteiger partial charge is 0.507 e. The van der Waals surface area contributed by atoms with E-state index in [-0.39, 0.29) is 11.8 Å². The standard InChI is InChI=1S/C20H22FN5OS/c1-25-11-13(10-22-25)12-5-8-15(18(27)9-12)19-23-24-20(28-19)26(14-6-7-14)17-4-2-3-16(17)21/h5,8-11,14,16-17,27H,2-4,6-7H2,1H3/t16-,17+/m0/s1. The van der Waals surface area contributed by atoms with Crippen molar-refractivity contribution in [3.8, 4) is 27.4 Å². The molecule has 3 aromatic rings. The van der Waals surface area contributed by atoms with Gasteiger partial charge in [0.05, 0.1) is 17.8 Å². The Labute approximate surface area is 166 Å². The smallest absolute Gasteiger partial charge is 0.209 e. The third-order valence-electron chi connectivity index (χ3n) is 5.60. The SMILES string of the molecule is Cn1cc(-c2ccc(-c3nnc(N(C4CC4)[C@@H]4CCC[C@@H]4F)s3)c(O)c2)cn1. The van der Waals surface area contributed by atoms with E-state index in [1.54, 1.807) is 16.9 Å². The van der Waals surface area contributed by atoms with Crippen LogP contribution in [0.4, 0.5) is 9.52 Å². The molecule has 2 heterocycles. The Morgan fingerprint density at radius 2 is 2.04 bits per heavy atom. The second-order valence-electron chi connectivity index (χ2n) is 7.68. The molecule has 0 radical (unpaired) electrons. The molecule has 146 valence electrons. The number of alkyl halides is 1. The first-order chi connectivity index (χ1) is 13.6. The Kier molecular flexibility index (Phi) is 4.30. The molecule has 2 atom stereocenters. The third kappa shape index (κ3) is 3.15. The van der Waals surface area contributed by atoms with Gasteiger partial charge in [-0.25, -0.2) is 4.39 Å². The summed E-state index contributed by atoms with van der Waals surface area (Å²) in [6, 6.07) is 5.82. The minimum atomic E-state index is -0.792. The van der Waals surface area contributed by atoms with Crippen LogP contribution in [0.5, 0.6) is 5.75 Å². The first kappa shape index (κ1) is 17.6. The number of hydrogen-bond acceptors (Lipinski definition) is 6. The summed E-state index contributed by atoms with van der Waals surface area (Å²) < 4.78 is 16.1. The summed E-state index contributed by atoms with van der Waals surface area (Å²) in [6.07, 6.45) is 7.48. The van der Waals surface area contributed by atoms with Crippen molar-refractivity contribution < 1.29 is 9.50 Å². The molecule has 0 unspecified atom stereocenters. The number of aromatic hydroxyl groups is 1. The molecular weight excluding hydrogens is 377 g/mol. The monoisotopic (exact) mass is 399 g/mol. The molecule has 5 rings (SSSR count). The lowest BCUT2D eigenvalue weighted by atomic mass is 10.1. The van der Waals surface area contributed by atoms with E-state index in [9.17, 15) is 9.50 Å². The van der Waals surface area contributed by atoms with Crippen molar-refractivity contribution in [1.82, 2.24) is 20.0 Å². The molecule has 2 fully saturated rings. The molecular formula is C20H22FN5OS. The summed E-state index contributed by atoms with van der Waals surface area (Å²) in [5, 5.41) is 24.8. The summed E-state index contributed by atoms with van der Waals surface area (Å²) in [6.45, 7) is 0. The summed E-state index contributed by atoms with van der Waals surface area (Å²) >= 11 is 1.43. The van der Waals surface area contributed by atoms with Gasteiger partial charge >= 0.3 is 0 Å². The topological polar surface area (TPSA) is 67.1 Å². The van der Waals surface area contributed by atoms with E-state index in [0.29, 0.717) is 23.0 Å². The number of phenolic OH excluding ortho intramolecular Hbond substituents is 1. The van der Waals surface area contributed by atoms with Gasteiger partial charge in [-0.3, -0.25) is 4.68 Å². The highest BCUT2D eigenvalue weighted by molar-refractivity contribution is 7.18.